The monoisotopic (exact) mass is 468 g/mol. The highest BCUT2D eigenvalue weighted by Gasteiger charge is 2.32. The minimum absolute atomic E-state index is 0.229. The Morgan fingerprint density at radius 3 is 2.50 bits per heavy atom. The summed E-state index contributed by atoms with van der Waals surface area (Å²) < 4.78 is 24.5. The largest absolute Gasteiger partial charge is 0.496 e. The Labute approximate surface area is 195 Å². The number of carbonyl (C=O) groups is 1. The molecule has 1 heterocycles. The Hall–Kier alpha value is -3.42. The van der Waals surface area contributed by atoms with Crippen LogP contribution in [0.4, 0.5) is 10.1 Å². The predicted molar refractivity (Wildman–Crippen MR) is 126 cm³/mol. The van der Waals surface area contributed by atoms with E-state index in [9.17, 15) is 9.18 Å². The van der Waals surface area contributed by atoms with Gasteiger partial charge in [-0.1, -0.05) is 17.7 Å². The van der Waals surface area contributed by atoms with E-state index in [0.29, 0.717) is 27.9 Å². The molecular weight excluding hydrogens is 451 g/mol. The molecule has 8 heteroatoms. The van der Waals surface area contributed by atoms with Crippen LogP contribution in [0.5, 0.6) is 11.5 Å². The van der Waals surface area contributed by atoms with Gasteiger partial charge in [0.05, 0.1) is 12.8 Å². The van der Waals surface area contributed by atoms with Gasteiger partial charge < -0.3 is 14.8 Å². The number of anilines is 1. The van der Waals surface area contributed by atoms with E-state index in [1.54, 1.807) is 37.5 Å². The van der Waals surface area contributed by atoms with Crippen LogP contribution in [-0.4, -0.2) is 18.1 Å². The van der Waals surface area contributed by atoms with E-state index in [4.69, 9.17) is 33.3 Å². The van der Waals surface area contributed by atoms with E-state index >= 15 is 0 Å². The second-order valence-electron chi connectivity index (χ2n) is 6.92. The predicted octanol–water partition coefficient (Wildman–Crippen LogP) is 5.33. The highest BCUT2D eigenvalue weighted by atomic mass is 35.5. The van der Waals surface area contributed by atoms with Crippen molar-refractivity contribution in [3.8, 4) is 11.5 Å². The smallest absolute Gasteiger partial charge is 0.281 e. The lowest BCUT2D eigenvalue weighted by atomic mass is 10.1. The number of nitrogens with zero attached hydrogens (tertiary/aromatic N) is 1. The number of thiocarbonyl (C=S) groups is 1. The molecule has 1 saturated heterocycles. The van der Waals surface area contributed by atoms with E-state index in [-0.39, 0.29) is 23.4 Å². The first-order valence-corrected chi connectivity index (χ1v) is 10.4. The van der Waals surface area contributed by atoms with Crippen LogP contribution in [0.15, 0.2) is 72.4 Å². The van der Waals surface area contributed by atoms with Crippen molar-refractivity contribution >= 4 is 46.6 Å². The van der Waals surface area contributed by atoms with E-state index in [0.717, 1.165) is 11.1 Å². The Morgan fingerprint density at radius 1 is 1.09 bits per heavy atom. The molecular formula is C24H18ClFN2O3S. The summed E-state index contributed by atoms with van der Waals surface area (Å²) in [5, 5.41) is 3.79. The lowest BCUT2D eigenvalue weighted by Gasteiger charge is -2.13. The van der Waals surface area contributed by atoms with Gasteiger partial charge in [0.1, 0.15) is 29.6 Å². The summed E-state index contributed by atoms with van der Waals surface area (Å²) in [5.74, 6) is 0.626. The van der Waals surface area contributed by atoms with Crippen LogP contribution in [0.1, 0.15) is 11.1 Å². The van der Waals surface area contributed by atoms with Crippen LogP contribution < -0.4 is 19.7 Å². The van der Waals surface area contributed by atoms with Crippen LogP contribution >= 0.6 is 23.8 Å². The lowest BCUT2D eigenvalue weighted by molar-refractivity contribution is -0.113. The van der Waals surface area contributed by atoms with Crippen molar-refractivity contribution in [3.63, 3.8) is 0 Å². The average molecular weight is 469 g/mol. The molecule has 1 aliphatic heterocycles. The molecule has 3 aromatic carbocycles. The van der Waals surface area contributed by atoms with E-state index < -0.39 is 0 Å². The Morgan fingerprint density at radius 2 is 1.81 bits per heavy atom. The normalized spacial score (nSPS) is 14.6. The Bertz CT molecular complexity index is 1200. The molecule has 0 aliphatic carbocycles. The van der Waals surface area contributed by atoms with Crippen molar-refractivity contribution in [2.75, 3.05) is 12.0 Å². The molecule has 0 spiro atoms. The quantitative estimate of drug-likeness (QED) is 0.391. The number of hydrogen-bond acceptors (Lipinski definition) is 4. The molecule has 1 amide bonds. The zero-order valence-electron chi connectivity index (χ0n) is 17.0. The SMILES string of the molecule is COc1ccc(/C=C2/NC(=S)N(c3ccc(F)cc3)C2=O)cc1COc1ccc(Cl)cc1. The van der Waals surface area contributed by atoms with Gasteiger partial charge in [-0.15, -0.1) is 0 Å². The van der Waals surface area contributed by atoms with E-state index in [1.165, 1.54) is 29.2 Å². The number of methoxy groups -OCH3 is 1. The lowest BCUT2D eigenvalue weighted by Crippen LogP contribution is -2.30. The molecule has 3 aromatic rings. The number of hydrogen-bond donors (Lipinski definition) is 1. The third kappa shape index (κ3) is 4.74. The van der Waals surface area contributed by atoms with Crippen LogP contribution in [-0.2, 0) is 11.4 Å². The maximum Gasteiger partial charge on any atom is 0.281 e. The van der Waals surface area contributed by atoms with Crippen molar-refractivity contribution in [2.45, 2.75) is 6.61 Å². The van der Waals surface area contributed by atoms with Crippen molar-refractivity contribution in [1.82, 2.24) is 5.32 Å². The summed E-state index contributed by atoms with van der Waals surface area (Å²) in [5.41, 5.74) is 2.37. The van der Waals surface area contributed by atoms with E-state index in [1.807, 2.05) is 18.2 Å². The standard InChI is InChI=1S/C24H18ClFN2O3S/c1-30-22-11-2-15(12-16(22)14-31-20-9-3-17(25)4-10-20)13-21-23(29)28(24(32)27-21)19-7-5-18(26)6-8-19/h2-13H,14H2,1H3,(H,27,32)/b21-13+. The van der Waals surface area contributed by atoms with Crippen molar-refractivity contribution in [1.29, 1.82) is 0 Å². The number of nitrogens with one attached hydrogen (secondary N) is 1. The molecule has 0 radical (unpaired) electrons. The molecule has 0 bridgehead atoms. The number of halogens is 2. The van der Waals surface area contributed by atoms with Gasteiger partial charge in [-0.25, -0.2) is 4.39 Å². The topological polar surface area (TPSA) is 50.8 Å². The Balaban J connectivity index is 1.56. The van der Waals surface area contributed by atoms with Crippen LogP contribution in [0.2, 0.25) is 5.02 Å². The second kappa shape index (κ2) is 9.38. The summed E-state index contributed by atoms with van der Waals surface area (Å²) in [4.78, 5) is 14.2. The first-order chi connectivity index (χ1) is 15.4. The number of ether oxygens (including phenoxy) is 2. The third-order valence-corrected chi connectivity index (χ3v) is 5.32. The van der Waals surface area contributed by atoms with Crippen LogP contribution in [0, 0.1) is 5.82 Å². The van der Waals surface area contributed by atoms with Gasteiger partial charge in [-0.3, -0.25) is 9.69 Å². The molecule has 0 aromatic heterocycles. The fraction of sp³-hybridized carbons (Fsp3) is 0.0833. The molecule has 1 fully saturated rings. The van der Waals surface area contributed by atoms with Crippen molar-refractivity contribution in [2.24, 2.45) is 0 Å². The highest BCUT2D eigenvalue weighted by Crippen LogP contribution is 2.26. The molecule has 5 nitrogen and oxygen atoms in total. The average Bonchev–Trinajstić information content (AvgIpc) is 3.07. The van der Waals surface area contributed by atoms with Crippen molar-refractivity contribution in [3.05, 3.63) is 94.4 Å². The fourth-order valence-electron chi connectivity index (χ4n) is 3.22. The summed E-state index contributed by atoms with van der Waals surface area (Å²) in [6.45, 7) is 0.267. The van der Waals surface area contributed by atoms with Gasteiger partial charge in [0, 0.05) is 10.6 Å². The molecule has 4 rings (SSSR count). The van der Waals surface area contributed by atoms with Gasteiger partial charge in [-0.05, 0) is 84.5 Å². The van der Waals surface area contributed by atoms with E-state index in [2.05, 4.69) is 5.32 Å². The summed E-state index contributed by atoms with van der Waals surface area (Å²) >= 11 is 11.2. The summed E-state index contributed by atoms with van der Waals surface area (Å²) in [7, 11) is 1.58. The van der Waals surface area contributed by atoms with Gasteiger partial charge in [0.2, 0.25) is 0 Å². The fourth-order valence-corrected chi connectivity index (χ4v) is 3.64. The number of carbonyl (C=O) groups excluding carboxylic acids is 1. The Kier molecular flexibility index (Phi) is 6.39. The number of amides is 1. The highest BCUT2D eigenvalue weighted by molar-refractivity contribution is 7.80. The molecule has 0 saturated carbocycles. The molecule has 162 valence electrons. The third-order valence-electron chi connectivity index (χ3n) is 4.79. The first kappa shape index (κ1) is 21.8. The molecule has 1 aliphatic rings. The molecule has 1 N–H and O–H groups in total. The summed E-state index contributed by atoms with van der Waals surface area (Å²) in [6.07, 6.45) is 1.70. The van der Waals surface area contributed by atoms with Gasteiger partial charge >= 0.3 is 0 Å². The first-order valence-electron chi connectivity index (χ1n) is 9.62. The minimum Gasteiger partial charge on any atom is -0.496 e. The molecule has 0 unspecified atom stereocenters. The minimum atomic E-state index is -0.387. The van der Waals surface area contributed by atoms with Crippen molar-refractivity contribution < 1.29 is 18.7 Å². The number of rotatable bonds is 6. The summed E-state index contributed by atoms with van der Waals surface area (Å²) in [6, 6.07) is 18.2. The van der Waals surface area contributed by atoms with Gasteiger partial charge in [-0.2, -0.15) is 0 Å². The molecule has 0 atom stereocenters. The second-order valence-corrected chi connectivity index (χ2v) is 7.74. The molecule has 32 heavy (non-hydrogen) atoms. The zero-order chi connectivity index (χ0) is 22.7. The maximum absolute atomic E-state index is 13.2. The van der Waals surface area contributed by atoms with Gasteiger partial charge in [0.25, 0.3) is 5.91 Å². The maximum atomic E-state index is 13.2. The van der Waals surface area contributed by atoms with Gasteiger partial charge in [0.15, 0.2) is 5.11 Å². The number of benzene rings is 3. The van der Waals surface area contributed by atoms with Crippen LogP contribution in [0.3, 0.4) is 0 Å². The van der Waals surface area contributed by atoms with Crippen LogP contribution in [0.25, 0.3) is 6.08 Å². The zero-order valence-corrected chi connectivity index (χ0v) is 18.5.